The number of nitrogens with two attached hydrogens (primary N) is 1. The molecule has 2 heterocycles. The van der Waals surface area contributed by atoms with Crippen LogP contribution in [-0.4, -0.2) is 42.5 Å². The number of urea groups is 1. The van der Waals surface area contributed by atoms with Crippen LogP contribution in [0.5, 0.6) is 0 Å². The minimum atomic E-state index is 0.129. The molecule has 0 radical (unpaired) electrons. The first-order chi connectivity index (χ1) is 10.1. The number of rotatable bonds is 2. The first-order valence-electron chi connectivity index (χ1n) is 7.36. The Morgan fingerprint density at radius 3 is 3.14 bits per heavy atom. The Balaban J connectivity index is 1.92. The molecule has 21 heavy (non-hydrogen) atoms. The van der Waals surface area contributed by atoms with Gasteiger partial charge in [-0.15, -0.1) is 11.3 Å². The number of thiophene rings is 1. The summed E-state index contributed by atoms with van der Waals surface area (Å²) < 4.78 is 0. The van der Waals surface area contributed by atoms with E-state index in [4.69, 9.17) is 5.73 Å². The van der Waals surface area contributed by atoms with Crippen LogP contribution in [0.1, 0.15) is 30.2 Å². The Kier molecular flexibility index (Phi) is 5.66. The summed E-state index contributed by atoms with van der Waals surface area (Å²) in [6, 6.07) is 2.17. The highest BCUT2D eigenvalue weighted by Gasteiger charge is 2.23. The molecule has 1 unspecified atom stereocenters. The largest absolute Gasteiger partial charge is 0.324 e. The van der Waals surface area contributed by atoms with Crippen LogP contribution in [0.3, 0.4) is 0 Å². The predicted molar refractivity (Wildman–Crippen MR) is 87.1 cm³/mol. The number of carbonyl (C=O) groups is 1. The van der Waals surface area contributed by atoms with Crippen molar-refractivity contribution in [3.05, 3.63) is 21.9 Å². The molecule has 0 aliphatic carbocycles. The summed E-state index contributed by atoms with van der Waals surface area (Å²) in [5, 5.41) is 2.01. The first kappa shape index (κ1) is 15.9. The van der Waals surface area contributed by atoms with E-state index in [1.54, 1.807) is 16.2 Å². The molecule has 4 nitrogen and oxygen atoms in total. The highest BCUT2D eigenvalue weighted by atomic mass is 32.1. The molecule has 1 atom stereocenters. The average molecular weight is 305 g/mol. The zero-order valence-electron chi connectivity index (χ0n) is 12.8. The Hall–Kier alpha value is -1.51. The molecule has 1 saturated heterocycles. The van der Waals surface area contributed by atoms with Gasteiger partial charge >= 0.3 is 6.03 Å². The van der Waals surface area contributed by atoms with Crippen LogP contribution in [0, 0.1) is 17.8 Å². The SMILES string of the molecule is CC1CCCN(C(=O)N(C)Cc2cc(C#CCN)cs2)C1. The Bertz CT molecular complexity index is 543. The maximum atomic E-state index is 12.4. The van der Waals surface area contributed by atoms with Gasteiger partial charge in [-0.1, -0.05) is 18.8 Å². The molecule has 5 heteroatoms. The third kappa shape index (κ3) is 4.48. The molecule has 1 aromatic heterocycles. The number of carbonyl (C=O) groups excluding carboxylic acids is 1. The molecule has 0 aromatic carbocycles. The lowest BCUT2D eigenvalue weighted by atomic mass is 10.0. The van der Waals surface area contributed by atoms with Crippen LogP contribution in [0.25, 0.3) is 0 Å². The second-order valence-electron chi connectivity index (χ2n) is 5.64. The fourth-order valence-electron chi connectivity index (χ4n) is 2.59. The van der Waals surface area contributed by atoms with E-state index in [2.05, 4.69) is 18.8 Å². The van der Waals surface area contributed by atoms with Gasteiger partial charge in [-0.05, 0) is 24.8 Å². The number of hydrogen-bond acceptors (Lipinski definition) is 3. The van der Waals surface area contributed by atoms with Crippen LogP contribution in [0.2, 0.25) is 0 Å². The van der Waals surface area contributed by atoms with Gasteiger partial charge in [0.2, 0.25) is 0 Å². The average Bonchev–Trinajstić information content (AvgIpc) is 2.91. The van der Waals surface area contributed by atoms with Gasteiger partial charge in [0.05, 0.1) is 13.1 Å². The van der Waals surface area contributed by atoms with Crippen LogP contribution >= 0.6 is 11.3 Å². The van der Waals surface area contributed by atoms with Crippen molar-refractivity contribution in [2.75, 3.05) is 26.7 Å². The van der Waals surface area contributed by atoms with E-state index in [9.17, 15) is 4.79 Å². The predicted octanol–water partition coefficient (Wildman–Crippen LogP) is 2.34. The van der Waals surface area contributed by atoms with Gasteiger partial charge in [0.25, 0.3) is 0 Å². The molecule has 114 valence electrons. The smallest absolute Gasteiger partial charge is 0.320 e. The minimum absolute atomic E-state index is 0.129. The fourth-order valence-corrected chi connectivity index (χ4v) is 3.46. The van der Waals surface area contributed by atoms with E-state index < -0.39 is 0 Å². The van der Waals surface area contributed by atoms with Crippen molar-refractivity contribution in [3.8, 4) is 11.8 Å². The second kappa shape index (κ2) is 7.48. The van der Waals surface area contributed by atoms with Gasteiger partial charge in [-0.25, -0.2) is 4.79 Å². The van der Waals surface area contributed by atoms with Crippen LogP contribution in [0.4, 0.5) is 4.79 Å². The normalized spacial score (nSPS) is 18.0. The molecular formula is C16H23N3OS. The topological polar surface area (TPSA) is 49.6 Å². The highest BCUT2D eigenvalue weighted by molar-refractivity contribution is 7.10. The highest BCUT2D eigenvalue weighted by Crippen LogP contribution is 2.19. The fraction of sp³-hybridized carbons (Fsp3) is 0.562. The van der Waals surface area contributed by atoms with Gasteiger partial charge < -0.3 is 15.5 Å². The quantitative estimate of drug-likeness (QED) is 0.853. The Morgan fingerprint density at radius 1 is 1.62 bits per heavy atom. The molecule has 0 bridgehead atoms. The van der Waals surface area contributed by atoms with Gasteiger partial charge in [-0.2, -0.15) is 0 Å². The summed E-state index contributed by atoms with van der Waals surface area (Å²) in [7, 11) is 1.87. The number of amides is 2. The zero-order valence-corrected chi connectivity index (χ0v) is 13.6. The van der Waals surface area contributed by atoms with E-state index >= 15 is 0 Å². The van der Waals surface area contributed by atoms with Crippen LogP contribution in [-0.2, 0) is 6.54 Å². The molecule has 2 rings (SSSR count). The van der Waals surface area contributed by atoms with E-state index in [0.29, 0.717) is 19.0 Å². The van der Waals surface area contributed by atoms with Crippen molar-refractivity contribution < 1.29 is 4.79 Å². The number of likely N-dealkylation sites (tertiary alicyclic amines) is 1. The molecule has 2 N–H and O–H groups in total. The first-order valence-corrected chi connectivity index (χ1v) is 8.24. The van der Waals surface area contributed by atoms with Crippen molar-refractivity contribution in [2.24, 2.45) is 11.7 Å². The molecule has 2 amide bonds. The van der Waals surface area contributed by atoms with Gasteiger partial charge in [0.15, 0.2) is 0 Å². The summed E-state index contributed by atoms with van der Waals surface area (Å²) >= 11 is 1.64. The minimum Gasteiger partial charge on any atom is -0.324 e. The van der Waals surface area contributed by atoms with E-state index in [1.807, 2.05) is 23.4 Å². The monoisotopic (exact) mass is 305 g/mol. The van der Waals surface area contributed by atoms with Gasteiger partial charge in [0, 0.05) is 36.0 Å². The van der Waals surface area contributed by atoms with E-state index in [-0.39, 0.29) is 6.03 Å². The summed E-state index contributed by atoms with van der Waals surface area (Å²) in [5.41, 5.74) is 6.35. The lowest BCUT2D eigenvalue weighted by Crippen LogP contribution is -2.45. The zero-order chi connectivity index (χ0) is 15.2. The van der Waals surface area contributed by atoms with Crippen molar-refractivity contribution in [3.63, 3.8) is 0 Å². The molecule has 1 aliphatic heterocycles. The molecule has 0 spiro atoms. The number of piperidine rings is 1. The molecular weight excluding hydrogens is 282 g/mol. The van der Waals surface area contributed by atoms with E-state index in [1.165, 1.54) is 6.42 Å². The number of nitrogens with zero attached hydrogens (tertiary/aromatic N) is 2. The molecule has 0 saturated carbocycles. The number of hydrogen-bond donors (Lipinski definition) is 1. The Labute approximate surface area is 130 Å². The standard InChI is InChI=1S/C16H23N3OS/c1-13-5-4-8-19(10-13)16(20)18(2)11-15-9-14(12-21-15)6-3-7-17/h9,12-13H,4-5,7-8,10-11,17H2,1-2H3. The van der Waals surface area contributed by atoms with Gasteiger partial charge in [-0.3, -0.25) is 0 Å². The van der Waals surface area contributed by atoms with Crippen LogP contribution < -0.4 is 5.73 Å². The maximum absolute atomic E-state index is 12.4. The lowest BCUT2D eigenvalue weighted by molar-refractivity contribution is 0.138. The van der Waals surface area contributed by atoms with Crippen molar-refractivity contribution in [1.82, 2.24) is 9.80 Å². The molecule has 1 aromatic rings. The van der Waals surface area contributed by atoms with E-state index in [0.717, 1.165) is 30.0 Å². The summed E-state index contributed by atoms with van der Waals surface area (Å²) in [6.45, 7) is 4.97. The summed E-state index contributed by atoms with van der Waals surface area (Å²) in [6.07, 6.45) is 2.33. The molecule has 1 aliphatic rings. The second-order valence-corrected chi connectivity index (χ2v) is 6.64. The third-order valence-corrected chi connectivity index (χ3v) is 4.56. The van der Waals surface area contributed by atoms with Crippen molar-refractivity contribution in [1.29, 1.82) is 0 Å². The Morgan fingerprint density at radius 2 is 2.43 bits per heavy atom. The van der Waals surface area contributed by atoms with Crippen LogP contribution in [0.15, 0.2) is 11.4 Å². The van der Waals surface area contributed by atoms with Crippen molar-refractivity contribution >= 4 is 17.4 Å². The van der Waals surface area contributed by atoms with Gasteiger partial charge in [0.1, 0.15) is 0 Å². The maximum Gasteiger partial charge on any atom is 0.320 e. The summed E-state index contributed by atoms with van der Waals surface area (Å²) in [4.78, 5) is 17.4. The van der Waals surface area contributed by atoms with Crippen molar-refractivity contribution in [2.45, 2.75) is 26.3 Å². The summed E-state index contributed by atoms with van der Waals surface area (Å²) in [5.74, 6) is 6.47. The molecule has 1 fully saturated rings. The lowest BCUT2D eigenvalue weighted by Gasteiger charge is -2.33. The third-order valence-electron chi connectivity index (χ3n) is 3.64.